The van der Waals surface area contributed by atoms with Crippen LogP contribution in [-0.4, -0.2) is 11.8 Å². The van der Waals surface area contributed by atoms with Gasteiger partial charge in [-0.1, -0.05) is 29.8 Å². The van der Waals surface area contributed by atoms with E-state index in [1.807, 2.05) is 12.1 Å². The first kappa shape index (κ1) is 14.5. The summed E-state index contributed by atoms with van der Waals surface area (Å²) in [6, 6.07) is 5.96. The van der Waals surface area contributed by atoms with Crippen molar-refractivity contribution in [1.82, 2.24) is 0 Å². The SMILES string of the molecule is CC(C)c1cc(Br)ccc1OCCCC(=O)Cl. The minimum atomic E-state index is -0.312. The molecule has 1 rings (SSSR count). The molecule has 0 fully saturated rings. The number of carbonyl (C=O) groups excluding carboxylic acids is 1. The Morgan fingerprint density at radius 2 is 2.18 bits per heavy atom. The Morgan fingerprint density at radius 3 is 2.76 bits per heavy atom. The molecule has 0 saturated carbocycles. The fourth-order valence-electron chi connectivity index (χ4n) is 1.50. The number of ether oxygens (including phenoxy) is 1. The van der Waals surface area contributed by atoms with Crippen molar-refractivity contribution in [2.24, 2.45) is 0 Å². The highest BCUT2D eigenvalue weighted by molar-refractivity contribution is 9.10. The van der Waals surface area contributed by atoms with Crippen LogP contribution in [0, 0.1) is 0 Å². The van der Waals surface area contributed by atoms with Crippen molar-refractivity contribution in [3.05, 3.63) is 28.2 Å². The van der Waals surface area contributed by atoms with Crippen LogP contribution in [0.2, 0.25) is 0 Å². The lowest BCUT2D eigenvalue weighted by atomic mass is 10.0. The molecule has 0 atom stereocenters. The van der Waals surface area contributed by atoms with Gasteiger partial charge in [-0.3, -0.25) is 4.79 Å². The molecule has 0 aliphatic rings. The third kappa shape index (κ3) is 5.09. The summed E-state index contributed by atoms with van der Waals surface area (Å²) in [7, 11) is 0. The van der Waals surface area contributed by atoms with E-state index in [4.69, 9.17) is 16.3 Å². The molecule has 1 aromatic carbocycles. The van der Waals surface area contributed by atoms with E-state index >= 15 is 0 Å². The fourth-order valence-corrected chi connectivity index (χ4v) is 2.01. The van der Waals surface area contributed by atoms with Crippen LogP contribution in [-0.2, 0) is 4.79 Å². The second kappa shape index (κ2) is 7.02. The second-order valence-corrected chi connectivity index (χ2v) is 5.48. The standard InChI is InChI=1S/C13H16BrClO2/c1-9(2)11-8-10(14)5-6-12(11)17-7-3-4-13(15)16/h5-6,8-9H,3-4,7H2,1-2H3. The molecule has 0 unspecified atom stereocenters. The van der Waals surface area contributed by atoms with Crippen molar-refractivity contribution in [3.8, 4) is 5.75 Å². The van der Waals surface area contributed by atoms with E-state index in [9.17, 15) is 4.79 Å². The van der Waals surface area contributed by atoms with Crippen LogP contribution < -0.4 is 4.74 Å². The lowest BCUT2D eigenvalue weighted by molar-refractivity contribution is -0.111. The predicted molar refractivity (Wildman–Crippen MR) is 73.8 cm³/mol. The van der Waals surface area contributed by atoms with E-state index in [1.165, 1.54) is 0 Å². The van der Waals surface area contributed by atoms with E-state index in [-0.39, 0.29) is 5.24 Å². The van der Waals surface area contributed by atoms with Gasteiger partial charge < -0.3 is 4.74 Å². The van der Waals surface area contributed by atoms with E-state index in [0.717, 1.165) is 15.8 Å². The van der Waals surface area contributed by atoms with Crippen molar-refractivity contribution in [1.29, 1.82) is 0 Å². The molecule has 0 aliphatic carbocycles. The van der Waals surface area contributed by atoms with Crippen LogP contribution in [0.25, 0.3) is 0 Å². The van der Waals surface area contributed by atoms with Gasteiger partial charge in [0.05, 0.1) is 6.61 Å². The zero-order valence-electron chi connectivity index (χ0n) is 10.0. The molecule has 1 aromatic rings. The molecule has 0 spiro atoms. The van der Waals surface area contributed by atoms with Gasteiger partial charge in [0, 0.05) is 10.9 Å². The van der Waals surface area contributed by atoms with Gasteiger partial charge in [-0.25, -0.2) is 0 Å². The minimum absolute atomic E-state index is 0.312. The Morgan fingerprint density at radius 1 is 1.47 bits per heavy atom. The number of hydrogen-bond acceptors (Lipinski definition) is 2. The lowest BCUT2D eigenvalue weighted by Gasteiger charge is -2.14. The van der Waals surface area contributed by atoms with Gasteiger partial charge in [-0.15, -0.1) is 0 Å². The number of benzene rings is 1. The Kier molecular flexibility index (Phi) is 6.00. The van der Waals surface area contributed by atoms with E-state index in [1.54, 1.807) is 0 Å². The topological polar surface area (TPSA) is 26.3 Å². The van der Waals surface area contributed by atoms with Crippen LogP contribution in [0.1, 0.15) is 38.2 Å². The van der Waals surface area contributed by atoms with Crippen LogP contribution in [0.4, 0.5) is 0 Å². The highest BCUT2D eigenvalue weighted by Crippen LogP contribution is 2.29. The molecule has 2 nitrogen and oxygen atoms in total. The maximum absolute atomic E-state index is 10.6. The molecule has 94 valence electrons. The van der Waals surface area contributed by atoms with Crippen molar-refractivity contribution >= 4 is 32.8 Å². The lowest BCUT2D eigenvalue weighted by Crippen LogP contribution is -2.02. The van der Waals surface area contributed by atoms with Gasteiger partial charge in [0.15, 0.2) is 0 Å². The number of hydrogen-bond donors (Lipinski definition) is 0. The number of carbonyl (C=O) groups is 1. The normalized spacial score (nSPS) is 10.6. The zero-order valence-corrected chi connectivity index (χ0v) is 12.3. The highest BCUT2D eigenvalue weighted by atomic mass is 79.9. The first-order chi connectivity index (χ1) is 8.00. The summed E-state index contributed by atoms with van der Waals surface area (Å²) < 4.78 is 6.72. The number of halogens is 2. The Hall–Kier alpha value is -0.540. The summed E-state index contributed by atoms with van der Waals surface area (Å²) in [6.45, 7) is 4.76. The smallest absolute Gasteiger partial charge is 0.221 e. The molecule has 0 aliphatic heterocycles. The summed E-state index contributed by atoms with van der Waals surface area (Å²) in [5, 5.41) is -0.312. The highest BCUT2D eigenvalue weighted by Gasteiger charge is 2.08. The maximum Gasteiger partial charge on any atom is 0.221 e. The van der Waals surface area contributed by atoms with Crippen LogP contribution >= 0.6 is 27.5 Å². The summed E-state index contributed by atoms with van der Waals surface area (Å²) in [5.74, 6) is 1.28. The summed E-state index contributed by atoms with van der Waals surface area (Å²) >= 11 is 8.71. The Balaban J connectivity index is 2.61. The van der Waals surface area contributed by atoms with Crippen LogP contribution in [0.15, 0.2) is 22.7 Å². The van der Waals surface area contributed by atoms with E-state index < -0.39 is 0 Å². The zero-order chi connectivity index (χ0) is 12.8. The van der Waals surface area contributed by atoms with Crippen molar-refractivity contribution in [3.63, 3.8) is 0 Å². The average Bonchev–Trinajstić information content (AvgIpc) is 2.25. The minimum Gasteiger partial charge on any atom is -0.493 e. The van der Waals surface area contributed by atoms with Crippen molar-refractivity contribution in [2.45, 2.75) is 32.6 Å². The van der Waals surface area contributed by atoms with Gasteiger partial charge >= 0.3 is 0 Å². The maximum atomic E-state index is 10.6. The second-order valence-electron chi connectivity index (χ2n) is 4.14. The van der Waals surface area contributed by atoms with Crippen LogP contribution in [0.3, 0.4) is 0 Å². The molecule has 0 bridgehead atoms. The summed E-state index contributed by atoms with van der Waals surface area (Å²) in [6.07, 6.45) is 1.00. The van der Waals surface area contributed by atoms with Crippen molar-refractivity contribution < 1.29 is 9.53 Å². The average molecular weight is 320 g/mol. The molecular weight excluding hydrogens is 303 g/mol. The Bertz CT molecular complexity index is 391. The molecule has 0 N–H and O–H groups in total. The third-order valence-corrected chi connectivity index (χ3v) is 3.05. The van der Waals surface area contributed by atoms with Gasteiger partial charge in [0.2, 0.25) is 5.24 Å². The Labute approximate surface area is 115 Å². The predicted octanol–water partition coefficient (Wildman–Crippen LogP) is 4.50. The monoisotopic (exact) mass is 318 g/mol. The molecule has 0 amide bonds. The summed E-state index contributed by atoms with van der Waals surface area (Å²) in [5.41, 5.74) is 1.16. The van der Waals surface area contributed by atoms with Gasteiger partial charge in [-0.2, -0.15) is 0 Å². The fraction of sp³-hybridized carbons (Fsp3) is 0.462. The van der Waals surface area contributed by atoms with Gasteiger partial charge in [-0.05, 0) is 47.7 Å². The first-order valence-electron chi connectivity index (χ1n) is 5.61. The molecule has 0 heterocycles. The van der Waals surface area contributed by atoms with E-state index in [0.29, 0.717) is 25.4 Å². The van der Waals surface area contributed by atoms with Gasteiger partial charge in [0.25, 0.3) is 0 Å². The quantitative estimate of drug-likeness (QED) is 0.570. The largest absolute Gasteiger partial charge is 0.493 e. The molecule has 0 aromatic heterocycles. The van der Waals surface area contributed by atoms with Gasteiger partial charge in [0.1, 0.15) is 5.75 Å². The van der Waals surface area contributed by atoms with E-state index in [2.05, 4.69) is 35.8 Å². The third-order valence-electron chi connectivity index (χ3n) is 2.37. The molecular formula is C13H16BrClO2. The molecule has 0 radical (unpaired) electrons. The van der Waals surface area contributed by atoms with Crippen LogP contribution in [0.5, 0.6) is 5.75 Å². The van der Waals surface area contributed by atoms with Crippen molar-refractivity contribution in [2.75, 3.05) is 6.61 Å². The molecule has 0 saturated heterocycles. The number of rotatable bonds is 6. The summed E-state index contributed by atoms with van der Waals surface area (Å²) in [4.78, 5) is 10.6. The first-order valence-corrected chi connectivity index (χ1v) is 6.78. The molecule has 17 heavy (non-hydrogen) atoms. The molecule has 4 heteroatoms.